The molecule has 3 nitrogen and oxygen atoms in total. The van der Waals surface area contributed by atoms with Crippen molar-refractivity contribution in [3.8, 4) is 22.7 Å². The predicted molar refractivity (Wildman–Crippen MR) is 111 cm³/mol. The average molecular weight is 350 g/mol. The quantitative estimate of drug-likeness (QED) is 0.408. The van der Waals surface area contributed by atoms with E-state index in [2.05, 4.69) is 70.2 Å². The first kappa shape index (κ1) is 15.6. The van der Waals surface area contributed by atoms with Gasteiger partial charge in [-0.3, -0.25) is 4.98 Å². The second-order valence-electron chi connectivity index (χ2n) is 6.47. The summed E-state index contributed by atoms with van der Waals surface area (Å²) in [6, 6.07) is 29.1. The number of nitrogens with zero attached hydrogens (tertiary/aromatic N) is 2. The summed E-state index contributed by atoms with van der Waals surface area (Å²) in [4.78, 5) is 4.60. The molecule has 0 amide bonds. The highest BCUT2D eigenvalue weighted by Gasteiger charge is 2.17. The molecule has 0 radical (unpaired) electrons. The van der Waals surface area contributed by atoms with Crippen LogP contribution >= 0.6 is 0 Å². The molecule has 0 saturated carbocycles. The SMILES string of the molecule is COc1cc(-c2ccccn2)c2c3ccccc3n(-c3ccccc3)c2c1. The molecule has 0 aliphatic rings. The van der Waals surface area contributed by atoms with E-state index in [1.165, 1.54) is 16.3 Å². The molecular weight excluding hydrogens is 332 g/mol. The van der Waals surface area contributed by atoms with Gasteiger partial charge in [-0.1, -0.05) is 42.5 Å². The van der Waals surface area contributed by atoms with Crippen molar-refractivity contribution in [2.75, 3.05) is 7.11 Å². The van der Waals surface area contributed by atoms with Gasteiger partial charge in [0.2, 0.25) is 0 Å². The largest absolute Gasteiger partial charge is 0.497 e. The van der Waals surface area contributed by atoms with Crippen molar-refractivity contribution in [3.05, 3.63) is 91.1 Å². The number of pyridine rings is 1. The van der Waals surface area contributed by atoms with Gasteiger partial charge >= 0.3 is 0 Å². The summed E-state index contributed by atoms with van der Waals surface area (Å²) in [5.41, 5.74) is 5.43. The van der Waals surface area contributed by atoms with Crippen molar-refractivity contribution in [1.82, 2.24) is 9.55 Å². The summed E-state index contributed by atoms with van der Waals surface area (Å²) in [5.74, 6) is 0.822. The molecule has 0 saturated heterocycles. The maximum atomic E-state index is 5.63. The third kappa shape index (κ3) is 2.48. The van der Waals surface area contributed by atoms with Gasteiger partial charge in [-0.25, -0.2) is 0 Å². The van der Waals surface area contributed by atoms with E-state index in [0.29, 0.717) is 0 Å². The van der Waals surface area contributed by atoms with Crippen molar-refractivity contribution >= 4 is 21.8 Å². The Morgan fingerprint density at radius 2 is 1.56 bits per heavy atom. The molecule has 130 valence electrons. The van der Waals surface area contributed by atoms with Crippen LogP contribution in [-0.2, 0) is 0 Å². The van der Waals surface area contributed by atoms with E-state index >= 15 is 0 Å². The van der Waals surface area contributed by atoms with Crippen LogP contribution < -0.4 is 4.74 Å². The number of methoxy groups -OCH3 is 1. The highest BCUT2D eigenvalue weighted by molar-refractivity contribution is 6.15. The van der Waals surface area contributed by atoms with E-state index in [9.17, 15) is 0 Å². The fourth-order valence-electron chi connectivity index (χ4n) is 3.77. The number of ether oxygens (including phenoxy) is 1. The minimum Gasteiger partial charge on any atom is -0.497 e. The summed E-state index contributed by atoms with van der Waals surface area (Å²) < 4.78 is 7.92. The standard InChI is InChI=1S/C24H18N2O/c1-27-18-15-20(21-12-7-8-14-25-21)24-19-11-5-6-13-22(19)26(23(24)16-18)17-9-3-2-4-10-17/h2-16H,1H3. The third-order valence-corrected chi connectivity index (χ3v) is 4.94. The van der Waals surface area contributed by atoms with Gasteiger partial charge in [0.1, 0.15) is 5.75 Å². The lowest BCUT2D eigenvalue weighted by Crippen LogP contribution is -1.94. The molecule has 5 aromatic rings. The number of rotatable bonds is 3. The first-order valence-corrected chi connectivity index (χ1v) is 8.95. The zero-order valence-electron chi connectivity index (χ0n) is 15.0. The Bertz CT molecular complexity index is 1240. The van der Waals surface area contributed by atoms with Crippen LogP contribution in [-0.4, -0.2) is 16.7 Å². The lowest BCUT2D eigenvalue weighted by molar-refractivity contribution is 0.415. The normalized spacial score (nSPS) is 11.1. The Labute approximate surface area is 157 Å². The third-order valence-electron chi connectivity index (χ3n) is 4.94. The molecule has 0 bridgehead atoms. The first-order valence-electron chi connectivity index (χ1n) is 8.95. The molecule has 2 heterocycles. The van der Waals surface area contributed by atoms with Gasteiger partial charge in [0.15, 0.2) is 0 Å². The van der Waals surface area contributed by atoms with E-state index in [1.807, 2.05) is 30.5 Å². The van der Waals surface area contributed by atoms with Gasteiger partial charge in [0.05, 0.1) is 23.8 Å². The molecule has 0 aliphatic carbocycles. The number of benzene rings is 3. The number of fused-ring (bicyclic) bond motifs is 3. The molecule has 27 heavy (non-hydrogen) atoms. The summed E-state index contributed by atoms with van der Waals surface area (Å²) in [7, 11) is 1.71. The van der Waals surface area contributed by atoms with Crippen LogP contribution in [0.2, 0.25) is 0 Å². The molecule has 2 aromatic heterocycles. The van der Waals surface area contributed by atoms with Crippen molar-refractivity contribution in [3.63, 3.8) is 0 Å². The predicted octanol–water partition coefficient (Wildman–Crippen LogP) is 5.85. The fourth-order valence-corrected chi connectivity index (χ4v) is 3.77. The minimum absolute atomic E-state index is 0.822. The maximum Gasteiger partial charge on any atom is 0.121 e. The molecule has 0 N–H and O–H groups in total. The monoisotopic (exact) mass is 350 g/mol. The topological polar surface area (TPSA) is 27.1 Å². The minimum atomic E-state index is 0.822. The molecule has 5 rings (SSSR count). The van der Waals surface area contributed by atoms with E-state index in [-0.39, 0.29) is 0 Å². The second kappa shape index (κ2) is 6.29. The second-order valence-corrected chi connectivity index (χ2v) is 6.47. The van der Waals surface area contributed by atoms with Crippen LogP contribution in [0.3, 0.4) is 0 Å². The molecule has 0 aliphatic heterocycles. The summed E-state index contributed by atoms with van der Waals surface area (Å²) in [6.45, 7) is 0. The van der Waals surface area contributed by atoms with E-state index < -0.39 is 0 Å². The average Bonchev–Trinajstić information content (AvgIpc) is 3.08. The summed E-state index contributed by atoms with van der Waals surface area (Å²) in [6.07, 6.45) is 1.83. The van der Waals surface area contributed by atoms with Crippen LogP contribution in [0.25, 0.3) is 38.8 Å². The van der Waals surface area contributed by atoms with Crippen LogP contribution in [0.5, 0.6) is 5.75 Å². The van der Waals surface area contributed by atoms with Crippen molar-refractivity contribution in [2.45, 2.75) is 0 Å². The van der Waals surface area contributed by atoms with Gasteiger partial charge in [-0.2, -0.15) is 0 Å². The Morgan fingerprint density at radius 3 is 2.33 bits per heavy atom. The van der Waals surface area contributed by atoms with Crippen LogP contribution in [0.1, 0.15) is 0 Å². The van der Waals surface area contributed by atoms with Crippen molar-refractivity contribution < 1.29 is 4.74 Å². The number of hydrogen-bond donors (Lipinski definition) is 0. The highest BCUT2D eigenvalue weighted by atomic mass is 16.5. The zero-order chi connectivity index (χ0) is 18.2. The maximum absolute atomic E-state index is 5.63. The molecule has 0 unspecified atom stereocenters. The van der Waals surface area contributed by atoms with Gasteiger partial charge in [-0.15, -0.1) is 0 Å². The Hall–Kier alpha value is -3.59. The number of para-hydroxylation sites is 2. The van der Waals surface area contributed by atoms with Crippen LogP contribution in [0.15, 0.2) is 91.1 Å². The Kier molecular flexibility index (Phi) is 3.65. The number of hydrogen-bond acceptors (Lipinski definition) is 2. The lowest BCUT2D eigenvalue weighted by Gasteiger charge is -2.10. The van der Waals surface area contributed by atoms with Gasteiger partial charge in [0, 0.05) is 34.3 Å². The number of aromatic nitrogens is 2. The van der Waals surface area contributed by atoms with Gasteiger partial charge in [0.25, 0.3) is 0 Å². The van der Waals surface area contributed by atoms with E-state index in [1.54, 1.807) is 7.11 Å². The summed E-state index contributed by atoms with van der Waals surface area (Å²) >= 11 is 0. The molecular formula is C24H18N2O. The molecule has 0 atom stereocenters. The molecule has 0 spiro atoms. The van der Waals surface area contributed by atoms with E-state index in [4.69, 9.17) is 4.74 Å². The molecule has 3 aromatic carbocycles. The smallest absolute Gasteiger partial charge is 0.121 e. The van der Waals surface area contributed by atoms with Crippen molar-refractivity contribution in [1.29, 1.82) is 0 Å². The zero-order valence-corrected chi connectivity index (χ0v) is 15.0. The Morgan fingerprint density at radius 1 is 0.778 bits per heavy atom. The first-order chi connectivity index (χ1) is 13.4. The van der Waals surface area contributed by atoms with E-state index in [0.717, 1.165) is 28.2 Å². The van der Waals surface area contributed by atoms with Crippen LogP contribution in [0.4, 0.5) is 0 Å². The van der Waals surface area contributed by atoms with Crippen LogP contribution in [0, 0.1) is 0 Å². The highest BCUT2D eigenvalue weighted by Crippen LogP contribution is 2.40. The fraction of sp³-hybridized carbons (Fsp3) is 0.0417. The van der Waals surface area contributed by atoms with Gasteiger partial charge in [-0.05, 0) is 36.4 Å². The Balaban J connectivity index is 1.99. The summed E-state index contributed by atoms with van der Waals surface area (Å²) in [5, 5.41) is 2.40. The van der Waals surface area contributed by atoms with Gasteiger partial charge < -0.3 is 9.30 Å². The molecule has 3 heteroatoms. The molecule has 0 fully saturated rings. The lowest BCUT2D eigenvalue weighted by atomic mass is 10.0. The van der Waals surface area contributed by atoms with Crippen molar-refractivity contribution in [2.24, 2.45) is 0 Å².